The maximum Gasteiger partial charge on any atom is 0.317 e. The summed E-state index contributed by atoms with van der Waals surface area (Å²) in [6.07, 6.45) is 3.27. The molecule has 0 spiro atoms. The zero-order valence-electron chi connectivity index (χ0n) is 13.3. The first kappa shape index (κ1) is 15.8. The molecule has 1 N–H and O–H groups in total. The first-order valence-electron chi connectivity index (χ1n) is 7.80. The molecule has 1 unspecified atom stereocenters. The zero-order chi connectivity index (χ0) is 15.4. The second kappa shape index (κ2) is 6.94. The van der Waals surface area contributed by atoms with E-state index >= 15 is 0 Å². The van der Waals surface area contributed by atoms with E-state index in [9.17, 15) is 4.79 Å². The van der Waals surface area contributed by atoms with Crippen molar-refractivity contribution in [1.29, 1.82) is 0 Å². The standard InChI is InChI=1S/C17H26N2O2/c1-4-13(2)19(12-17(20)21)11-14-7-8-16-15(10-14)6-5-9-18(16)3/h7-8,10,13H,4-6,9,11-12H2,1-3H3,(H,20,21). The Hall–Kier alpha value is -1.55. The number of aliphatic carboxylic acids is 1. The number of hydrogen-bond acceptors (Lipinski definition) is 3. The van der Waals surface area contributed by atoms with E-state index in [1.165, 1.54) is 23.2 Å². The predicted molar refractivity (Wildman–Crippen MR) is 85.8 cm³/mol. The number of aryl methyl sites for hydroxylation is 1. The molecule has 4 heteroatoms. The fraction of sp³-hybridized carbons (Fsp3) is 0.588. The van der Waals surface area contributed by atoms with Crippen molar-refractivity contribution in [1.82, 2.24) is 4.90 Å². The molecule has 0 saturated carbocycles. The van der Waals surface area contributed by atoms with Crippen molar-refractivity contribution in [2.75, 3.05) is 25.0 Å². The van der Waals surface area contributed by atoms with Gasteiger partial charge >= 0.3 is 5.97 Å². The maximum atomic E-state index is 11.0. The van der Waals surface area contributed by atoms with Gasteiger partial charge in [-0.2, -0.15) is 0 Å². The van der Waals surface area contributed by atoms with Crippen LogP contribution in [0.1, 0.15) is 37.8 Å². The van der Waals surface area contributed by atoms with Crippen LogP contribution in [0.4, 0.5) is 5.69 Å². The van der Waals surface area contributed by atoms with Crippen molar-refractivity contribution < 1.29 is 9.90 Å². The molecule has 21 heavy (non-hydrogen) atoms. The summed E-state index contributed by atoms with van der Waals surface area (Å²) in [6.45, 7) is 6.12. The molecule has 0 aliphatic carbocycles. The van der Waals surface area contributed by atoms with Crippen LogP contribution in [0.25, 0.3) is 0 Å². The predicted octanol–water partition coefficient (Wildman–Crippen LogP) is 2.75. The monoisotopic (exact) mass is 290 g/mol. The van der Waals surface area contributed by atoms with Crippen molar-refractivity contribution in [3.63, 3.8) is 0 Å². The summed E-state index contributed by atoms with van der Waals surface area (Å²) >= 11 is 0. The van der Waals surface area contributed by atoms with Gasteiger partial charge in [-0.3, -0.25) is 9.69 Å². The Morgan fingerprint density at radius 3 is 2.90 bits per heavy atom. The topological polar surface area (TPSA) is 43.8 Å². The van der Waals surface area contributed by atoms with Crippen molar-refractivity contribution in [2.45, 2.75) is 45.7 Å². The van der Waals surface area contributed by atoms with Crippen LogP contribution in [0.5, 0.6) is 0 Å². The third-order valence-corrected chi connectivity index (χ3v) is 4.43. The second-order valence-electron chi connectivity index (χ2n) is 6.04. The highest BCUT2D eigenvalue weighted by Gasteiger charge is 2.18. The molecule has 0 amide bonds. The second-order valence-corrected chi connectivity index (χ2v) is 6.04. The first-order chi connectivity index (χ1) is 10.0. The number of nitrogens with zero attached hydrogens (tertiary/aromatic N) is 2. The molecule has 1 heterocycles. The number of carbonyl (C=O) groups is 1. The number of rotatable bonds is 6. The van der Waals surface area contributed by atoms with Gasteiger partial charge in [0.2, 0.25) is 0 Å². The average molecular weight is 290 g/mol. The third-order valence-electron chi connectivity index (χ3n) is 4.43. The number of benzene rings is 1. The lowest BCUT2D eigenvalue weighted by atomic mass is 9.99. The van der Waals surface area contributed by atoms with Gasteiger partial charge in [-0.15, -0.1) is 0 Å². The third kappa shape index (κ3) is 3.97. The van der Waals surface area contributed by atoms with Gasteiger partial charge in [-0.05, 0) is 43.4 Å². The van der Waals surface area contributed by atoms with Crippen LogP contribution in [0.15, 0.2) is 18.2 Å². The number of carboxylic acids is 1. The van der Waals surface area contributed by atoms with Crippen molar-refractivity contribution in [3.8, 4) is 0 Å². The van der Waals surface area contributed by atoms with Crippen LogP contribution in [0.3, 0.4) is 0 Å². The van der Waals surface area contributed by atoms with E-state index < -0.39 is 5.97 Å². The van der Waals surface area contributed by atoms with Crippen LogP contribution >= 0.6 is 0 Å². The van der Waals surface area contributed by atoms with Crippen LogP contribution in [0.2, 0.25) is 0 Å². The molecule has 0 radical (unpaired) electrons. The van der Waals surface area contributed by atoms with Gasteiger partial charge in [0.15, 0.2) is 0 Å². The molecule has 0 fully saturated rings. The lowest BCUT2D eigenvalue weighted by Gasteiger charge is -2.30. The molecular formula is C17H26N2O2. The normalized spacial score (nSPS) is 15.9. The largest absolute Gasteiger partial charge is 0.480 e. The number of hydrogen-bond donors (Lipinski definition) is 1. The highest BCUT2D eigenvalue weighted by Crippen LogP contribution is 2.27. The SMILES string of the molecule is CCC(C)N(CC(=O)O)Cc1ccc2c(c1)CCCN2C. The molecule has 1 aliphatic heterocycles. The van der Waals surface area contributed by atoms with Gasteiger partial charge in [0.05, 0.1) is 6.54 Å². The minimum absolute atomic E-state index is 0.103. The summed E-state index contributed by atoms with van der Waals surface area (Å²) in [5.74, 6) is -0.756. The molecule has 1 aromatic carbocycles. The molecular weight excluding hydrogens is 264 g/mol. The molecule has 1 aliphatic rings. The van der Waals surface area contributed by atoms with Gasteiger partial charge in [-0.25, -0.2) is 0 Å². The van der Waals surface area contributed by atoms with Gasteiger partial charge < -0.3 is 10.0 Å². The number of fused-ring (bicyclic) bond motifs is 1. The summed E-state index contributed by atoms with van der Waals surface area (Å²) in [7, 11) is 2.13. The van der Waals surface area contributed by atoms with Gasteiger partial charge in [0.25, 0.3) is 0 Å². The molecule has 4 nitrogen and oxygen atoms in total. The van der Waals surface area contributed by atoms with Crippen molar-refractivity contribution >= 4 is 11.7 Å². The summed E-state index contributed by atoms with van der Waals surface area (Å²) in [5.41, 5.74) is 3.92. The minimum Gasteiger partial charge on any atom is -0.480 e. The van der Waals surface area contributed by atoms with Gasteiger partial charge in [-0.1, -0.05) is 19.1 Å². The zero-order valence-corrected chi connectivity index (χ0v) is 13.3. The highest BCUT2D eigenvalue weighted by atomic mass is 16.4. The van der Waals surface area contributed by atoms with E-state index in [0.717, 1.165) is 19.4 Å². The molecule has 116 valence electrons. The Morgan fingerprint density at radius 1 is 1.48 bits per heavy atom. The summed E-state index contributed by atoms with van der Waals surface area (Å²) < 4.78 is 0. The van der Waals surface area contributed by atoms with E-state index in [1.807, 2.05) is 4.90 Å². The van der Waals surface area contributed by atoms with Crippen LogP contribution in [-0.2, 0) is 17.8 Å². The van der Waals surface area contributed by atoms with E-state index in [2.05, 4.69) is 44.0 Å². The van der Waals surface area contributed by atoms with E-state index in [-0.39, 0.29) is 12.6 Å². The molecule has 0 aromatic heterocycles. The van der Waals surface area contributed by atoms with Crippen LogP contribution in [-0.4, -0.2) is 42.2 Å². The summed E-state index contributed by atoms with van der Waals surface area (Å²) in [6, 6.07) is 6.85. The molecule has 0 bridgehead atoms. The van der Waals surface area contributed by atoms with Crippen LogP contribution in [0, 0.1) is 0 Å². The smallest absolute Gasteiger partial charge is 0.317 e. The van der Waals surface area contributed by atoms with E-state index in [1.54, 1.807) is 0 Å². The average Bonchev–Trinajstić information content (AvgIpc) is 2.45. The van der Waals surface area contributed by atoms with Crippen molar-refractivity contribution in [2.24, 2.45) is 0 Å². The Balaban J connectivity index is 2.15. The fourth-order valence-corrected chi connectivity index (χ4v) is 2.97. The van der Waals surface area contributed by atoms with E-state index in [4.69, 9.17) is 5.11 Å². The van der Waals surface area contributed by atoms with Gasteiger partial charge in [0, 0.05) is 31.9 Å². The number of anilines is 1. The Kier molecular flexibility index (Phi) is 5.23. The summed E-state index contributed by atoms with van der Waals surface area (Å²) in [5, 5.41) is 9.08. The molecule has 2 rings (SSSR count). The van der Waals surface area contributed by atoms with Crippen LogP contribution < -0.4 is 4.90 Å². The molecule has 1 aromatic rings. The molecule has 0 saturated heterocycles. The minimum atomic E-state index is -0.756. The fourth-order valence-electron chi connectivity index (χ4n) is 2.97. The lowest BCUT2D eigenvalue weighted by molar-refractivity contribution is -0.139. The van der Waals surface area contributed by atoms with E-state index in [0.29, 0.717) is 6.54 Å². The Bertz CT molecular complexity index is 502. The lowest BCUT2D eigenvalue weighted by Crippen LogP contribution is -2.36. The van der Waals surface area contributed by atoms with Gasteiger partial charge in [0.1, 0.15) is 0 Å². The quantitative estimate of drug-likeness (QED) is 0.875. The highest BCUT2D eigenvalue weighted by molar-refractivity contribution is 5.69. The maximum absolute atomic E-state index is 11.0. The Labute approximate surface area is 127 Å². The summed E-state index contributed by atoms with van der Waals surface area (Å²) in [4.78, 5) is 15.4. The first-order valence-corrected chi connectivity index (χ1v) is 7.80. The molecule has 1 atom stereocenters. The van der Waals surface area contributed by atoms with Crippen molar-refractivity contribution in [3.05, 3.63) is 29.3 Å². The number of carboxylic acid groups (broad SMARTS) is 1. The Morgan fingerprint density at radius 2 is 2.24 bits per heavy atom.